The van der Waals surface area contributed by atoms with Crippen molar-refractivity contribution in [2.24, 2.45) is 11.8 Å². The molecule has 0 aliphatic heterocycles. The van der Waals surface area contributed by atoms with Crippen molar-refractivity contribution in [1.82, 2.24) is 4.90 Å². The van der Waals surface area contributed by atoms with E-state index in [1.165, 1.54) is 25.7 Å². The Hall–Kier alpha value is -0.700. The van der Waals surface area contributed by atoms with Gasteiger partial charge in [0.15, 0.2) is 0 Å². The third-order valence-electron chi connectivity index (χ3n) is 4.43. The quantitative estimate of drug-likeness (QED) is 0.444. The molecule has 0 aliphatic carbocycles. The van der Waals surface area contributed by atoms with E-state index in [0.29, 0.717) is 12.3 Å². The summed E-state index contributed by atoms with van der Waals surface area (Å²) in [7, 11) is 0. The van der Waals surface area contributed by atoms with Crippen molar-refractivity contribution in [1.29, 1.82) is 0 Å². The van der Waals surface area contributed by atoms with Crippen LogP contribution in [0.2, 0.25) is 0 Å². The molecular formula is C19H37NO2. The van der Waals surface area contributed by atoms with Crippen LogP contribution in [0, 0.1) is 11.8 Å². The Morgan fingerprint density at radius 2 is 1.55 bits per heavy atom. The zero-order valence-electron chi connectivity index (χ0n) is 15.5. The van der Waals surface area contributed by atoms with E-state index in [0.717, 1.165) is 32.4 Å². The molecule has 22 heavy (non-hydrogen) atoms. The third-order valence-corrected chi connectivity index (χ3v) is 4.43. The molecule has 0 fully saturated rings. The molecular weight excluding hydrogens is 274 g/mol. The Morgan fingerprint density at radius 3 is 2.09 bits per heavy atom. The van der Waals surface area contributed by atoms with E-state index in [-0.39, 0.29) is 17.6 Å². The highest BCUT2D eigenvalue weighted by Gasteiger charge is 2.16. The van der Waals surface area contributed by atoms with Crippen LogP contribution >= 0.6 is 0 Å². The number of unbranched alkanes of at least 4 members (excludes halogenated alkanes) is 4. The predicted molar refractivity (Wildman–Crippen MR) is 94.1 cm³/mol. The number of carbonyl (C=O) groups excluding carboxylic acids is 2. The fourth-order valence-electron chi connectivity index (χ4n) is 2.44. The van der Waals surface area contributed by atoms with E-state index in [2.05, 4.69) is 18.7 Å². The molecule has 130 valence electrons. The number of hydrogen-bond donors (Lipinski definition) is 0. The van der Waals surface area contributed by atoms with Crippen molar-refractivity contribution in [3.63, 3.8) is 0 Å². The second-order valence-corrected chi connectivity index (χ2v) is 6.81. The van der Waals surface area contributed by atoms with E-state index in [1.54, 1.807) is 0 Å². The maximum absolute atomic E-state index is 12.1. The summed E-state index contributed by atoms with van der Waals surface area (Å²) in [5, 5.41) is 0. The lowest BCUT2D eigenvalue weighted by Gasteiger charge is -2.22. The zero-order valence-corrected chi connectivity index (χ0v) is 15.5. The lowest BCUT2D eigenvalue weighted by atomic mass is 9.97. The van der Waals surface area contributed by atoms with Crippen molar-refractivity contribution in [2.75, 3.05) is 19.6 Å². The third kappa shape index (κ3) is 10.1. The summed E-state index contributed by atoms with van der Waals surface area (Å²) in [5.74, 6) is 0.894. The average molecular weight is 312 g/mol. The summed E-state index contributed by atoms with van der Waals surface area (Å²) >= 11 is 0. The standard InChI is InChI=1S/C19H37NO2/c1-6-8-9-10-11-12-18(21)17(5)13-14-20(7-2)15-19(22)16(3)4/h16-17H,6-15H2,1-5H3. The van der Waals surface area contributed by atoms with Crippen LogP contribution in [0.3, 0.4) is 0 Å². The van der Waals surface area contributed by atoms with Crippen molar-refractivity contribution in [2.45, 2.75) is 79.6 Å². The normalized spacial score (nSPS) is 12.9. The van der Waals surface area contributed by atoms with Crippen LogP contribution in [-0.2, 0) is 9.59 Å². The highest BCUT2D eigenvalue weighted by molar-refractivity contribution is 5.82. The van der Waals surface area contributed by atoms with Gasteiger partial charge in [-0.2, -0.15) is 0 Å². The second kappa shape index (κ2) is 12.8. The predicted octanol–water partition coefficient (Wildman–Crippen LogP) is 4.49. The molecule has 0 rings (SSSR count). The van der Waals surface area contributed by atoms with E-state index < -0.39 is 0 Å². The molecule has 0 amide bonds. The fourth-order valence-corrected chi connectivity index (χ4v) is 2.44. The minimum atomic E-state index is 0.0937. The van der Waals surface area contributed by atoms with Crippen LogP contribution < -0.4 is 0 Å². The SMILES string of the molecule is CCCCCCCC(=O)C(C)CCN(CC)CC(=O)C(C)C. The first-order chi connectivity index (χ1) is 10.4. The molecule has 0 bridgehead atoms. The van der Waals surface area contributed by atoms with Gasteiger partial charge in [0, 0.05) is 18.3 Å². The Balaban J connectivity index is 3.95. The number of Topliss-reactive ketones (excluding diaryl/α,β-unsaturated/α-hetero) is 2. The van der Waals surface area contributed by atoms with Gasteiger partial charge in [0.2, 0.25) is 0 Å². The Kier molecular flexibility index (Phi) is 12.4. The van der Waals surface area contributed by atoms with Gasteiger partial charge in [-0.15, -0.1) is 0 Å². The zero-order chi connectivity index (χ0) is 17.0. The molecule has 0 heterocycles. The van der Waals surface area contributed by atoms with E-state index in [4.69, 9.17) is 0 Å². The summed E-state index contributed by atoms with van der Waals surface area (Å²) in [5.41, 5.74) is 0. The van der Waals surface area contributed by atoms with E-state index in [9.17, 15) is 9.59 Å². The Morgan fingerprint density at radius 1 is 0.909 bits per heavy atom. The molecule has 0 saturated heterocycles. The first kappa shape index (κ1) is 21.3. The van der Waals surface area contributed by atoms with Crippen molar-refractivity contribution < 1.29 is 9.59 Å². The monoisotopic (exact) mass is 311 g/mol. The summed E-state index contributed by atoms with van der Waals surface area (Å²) in [6, 6.07) is 0. The van der Waals surface area contributed by atoms with Crippen LogP contribution in [0.5, 0.6) is 0 Å². The maximum Gasteiger partial charge on any atom is 0.149 e. The summed E-state index contributed by atoms with van der Waals surface area (Å²) in [6.07, 6.45) is 7.57. The first-order valence-corrected chi connectivity index (χ1v) is 9.20. The van der Waals surface area contributed by atoms with Gasteiger partial charge >= 0.3 is 0 Å². The largest absolute Gasteiger partial charge is 0.299 e. The average Bonchev–Trinajstić information content (AvgIpc) is 2.50. The van der Waals surface area contributed by atoms with Crippen LogP contribution in [0.1, 0.15) is 79.6 Å². The summed E-state index contributed by atoms with van der Waals surface area (Å²) in [6.45, 7) is 12.4. The number of nitrogens with zero attached hydrogens (tertiary/aromatic N) is 1. The molecule has 0 aliphatic rings. The van der Waals surface area contributed by atoms with Gasteiger partial charge in [0.05, 0.1) is 6.54 Å². The lowest BCUT2D eigenvalue weighted by Crippen LogP contribution is -2.33. The van der Waals surface area contributed by atoms with Gasteiger partial charge < -0.3 is 0 Å². The topological polar surface area (TPSA) is 37.4 Å². The van der Waals surface area contributed by atoms with Crippen molar-refractivity contribution >= 4 is 11.6 Å². The van der Waals surface area contributed by atoms with Crippen molar-refractivity contribution in [3.05, 3.63) is 0 Å². The Labute approximate surface area is 137 Å². The minimum absolute atomic E-state index is 0.0937. The molecule has 0 aromatic heterocycles. The number of hydrogen-bond acceptors (Lipinski definition) is 3. The number of likely N-dealkylation sites (N-methyl/N-ethyl adjacent to an activating group) is 1. The minimum Gasteiger partial charge on any atom is -0.299 e. The molecule has 3 nitrogen and oxygen atoms in total. The number of rotatable bonds is 14. The molecule has 0 saturated carbocycles. The molecule has 0 aromatic rings. The highest BCUT2D eigenvalue weighted by Crippen LogP contribution is 2.12. The smallest absolute Gasteiger partial charge is 0.149 e. The molecule has 3 heteroatoms. The first-order valence-electron chi connectivity index (χ1n) is 9.20. The molecule has 1 atom stereocenters. The van der Waals surface area contributed by atoms with E-state index in [1.807, 2.05) is 20.8 Å². The van der Waals surface area contributed by atoms with Gasteiger partial charge in [-0.25, -0.2) is 0 Å². The van der Waals surface area contributed by atoms with Gasteiger partial charge in [0.25, 0.3) is 0 Å². The summed E-state index contributed by atoms with van der Waals surface area (Å²) < 4.78 is 0. The summed E-state index contributed by atoms with van der Waals surface area (Å²) in [4.78, 5) is 26.1. The maximum atomic E-state index is 12.1. The van der Waals surface area contributed by atoms with Gasteiger partial charge in [-0.05, 0) is 25.9 Å². The fraction of sp³-hybridized carbons (Fsp3) is 0.895. The second-order valence-electron chi connectivity index (χ2n) is 6.81. The van der Waals surface area contributed by atoms with Gasteiger partial charge in [-0.1, -0.05) is 60.3 Å². The molecule has 0 aromatic carbocycles. The van der Waals surface area contributed by atoms with Crippen LogP contribution in [0.4, 0.5) is 0 Å². The van der Waals surface area contributed by atoms with Crippen LogP contribution in [-0.4, -0.2) is 36.1 Å². The van der Waals surface area contributed by atoms with Gasteiger partial charge in [0.1, 0.15) is 11.6 Å². The molecule has 1 unspecified atom stereocenters. The van der Waals surface area contributed by atoms with Gasteiger partial charge in [-0.3, -0.25) is 14.5 Å². The lowest BCUT2D eigenvalue weighted by molar-refractivity contribution is -0.123. The molecule has 0 N–H and O–H groups in total. The highest BCUT2D eigenvalue weighted by atomic mass is 16.1. The number of carbonyl (C=O) groups is 2. The van der Waals surface area contributed by atoms with Crippen LogP contribution in [0.15, 0.2) is 0 Å². The Bertz CT molecular complexity index is 313. The molecule has 0 radical (unpaired) electrons. The molecule has 0 spiro atoms. The number of ketones is 2. The van der Waals surface area contributed by atoms with Crippen molar-refractivity contribution in [3.8, 4) is 0 Å². The van der Waals surface area contributed by atoms with E-state index >= 15 is 0 Å². The van der Waals surface area contributed by atoms with Crippen LogP contribution in [0.25, 0.3) is 0 Å².